The van der Waals surface area contributed by atoms with Gasteiger partial charge in [-0.15, -0.1) is 11.3 Å². The molecule has 0 radical (unpaired) electrons. The SMILES string of the molecule is CCOc1ccc(C(=O)OCc2csc(-c3cccc(OC)c3OC)n2)cc1OCC. The summed E-state index contributed by atoms with van der Waals surface area (Å²) in [6.45, 7) is 4.79. The summed E-state index contributed by atoms with van der Waals surface area (Å²) in [5, 5.41) is 2.60. The lowest BCUT2D eigenvalue weighted by Crippen LogP contribution is -2.07. The van der Waals surface area contributed by atoms with Crippen molar-refractivity contribution in [1.29, 1.82) is 0 Å². The van der Waals surface area contributed by atoms with E-state index in [2.05, 4.69) is 4.98 Å². The summed E-state index contributed by atoms with van der Waals surface area (Å²) >= 11 is 1.44. The van der Waals surface area contributed by atoms with Gasteiger partial charge in [0.25, 0.3) is 0 Å². The highest BCUT2D eigenvalue weighted by Gasteiger charge is 2.16. The fraction of sp³-hybridized carbons (Fsp3) is 0.304. The molecule has 3 aromatic rings. The van der Waals surface area contributed by atoms with Crippen molar-refractivity contribution in [3.8, 4) is 33.6 Å². The number of esters is 1. The number of ether oxygens (including phenoxy) is 5. The van der Waals surface area contributed by atoms with Crippen LogP contribution < -0.4 is 18.9 Å². The van der Waals surface area contributed by atoms with Gasteiger partial charge in [0, 0.05) is 5.38 Å². The number of nitrogens with zero attached hydrogens (tertiary/aromatic N) is 1. The number of rotatable bonds is 10. The van der Waals surface area contributed by atoms with E-state index in [1.807, 2.05) is 37.4 Å². The van der Waals surface area contributed by atoms with Gasteiger partial charge in [-0.25, -0.2) is 9.78 Å². The third-order valence-electron chi connectivity index (χ3n) is 4.32. The van der Waals surface area contributed by atoms with Crippen molar-refractivity contribution in [2.24, 2.45) is 0 Å². The number of aromatic nitrogens is 1. The van der Waals surface area contributed by atoms with Crippen molar-refractivity contribution < 1.29 is 28.5 Å². The van der Waals surface area contributed by atoms with Crippen molar-refractivity contribution in [3.63, 3.8) is 0 Å². The highest BCUT2D eigenvalue weighted by molar-refractivity contribution is 7.13. The van der Waals surface area contributed by atoms with Gasteiger partial charge in [0.1, 0.15) is 11.6 Å². The second-order valence-corrected chi connectivity index (χ2v) is 7.15. The van der Waals surface area contributed by atoms with E-state index in [4.69, 9.17) is 23.7 Å². The summed E-state index contributed by atoms with van der Waals surface area (Å²) in [6.07, 6.45) is 0. The van der Waals surface area contributed by atoms with E-state index < -0.39 is 5.97 Å². The molecule has 0 aliphatic heterocycles. The summed E-state index contributed by atoms with van der Waals surface area (Å²) in [4.78, 5) is 17.1. The van der Waals surface area contributed by atoms with Gasteiger partial charge in [-0.1, -0.05) is 6.07 Å². The Labute approximate surface area is 185 Å². The second-order valence-electron chi connectivity index (χ2n) is 6.29. The van der Waals surface area contributed by atoms with Gasteiger partial charge in [-0.05, 0) is 44.2 Å². The Morgan fingerprint density at radius 2 is 1.74 bits per heavy atom. The van der Waals surface area contributed by atoms with Crippen LogP contribution in [0, 0.1) is 0 Å². The zero-order valence-electron chi connectivity index (χ0n) is 18.0. The molecule has 0 unspecified atom stereocenters. The molecular formula is C23H25NO6S. The van der Waals surface area contributed by atoms with Crippen LogP contribution in [0.3, 0.4) is 0 Å². The highest BCUT2D eigenvalue weighted by atomic mass is 32.1. The molecule has 0 amide bonds. The first kappa shape index (κ1) is 22.4. The van der Waals surface area contributed by atoms with Gasteiger partial charge in [0.15, 0.2) is 23.0 Å². The molecule has 0 N–H and O–H groups in total. The third-order valence-corrected chi connectivity index (χ3v) is 5.24. The standard InChI is InChI=1S/C23H25NO6S/c1-5-28-18-11-10-15(12-20(18)29-6-2)23(25)30-13-16-14-31-22(24-16)17-8-7-9-19(26-3)21(17)27-4/h7-12,14H,5-6,13H2,1-4H3. The van der Waals surface area contributed by atoms with Crippen molar-refractivity contribution in [3.05, 3.63) is 53.0 Å². The van der Waals surface area contributed by atoms with E-state index in [1.54, 1.807) is 32.4 Å². The molecule has 0 atom stereocenters. The first-order chi connectivity index (χ1) is 15.1. The van der Waals surface area contributed by atoms with Crippen molar-refractivity contribution in [2.75, 3.05) is 27.4 Å². The Morgan fingerprint density at radius 3 is 2.45 bits per heavy atom. The Morgan fingerprint density at radius 1 is 0.968 bits per heavy atom. The van der Waals surface area contributed by atoms with Crippen LogP contribution in [0.5, 0.6) is 23.0 Å². The molecule has 1 heterocycles. The number of carbonyl (C=O) groups is 1. The summed E-state index contributed by atoms with van der Waals surface area (Å²) in [7, 11) is 3.18. The largest absolute Gasteiger partial charge is 0.493 e. The van der Waals surface area contributed by atoms with Gasteiger partial charge in [-0.3, -0.25) is 0 Å². The van der Waals surface area contributed by atoms with Crippen LogP contribution in [0.1, 0.15) is 29.9 Å². The van der Waals surface area contributed by atoms with Gasteiger partial charge >= 0.3 is 5.97 Å². The number of hydrogen-bond donors (Lipinski definition) is 0. The van der Waals surface area contributed by atoms with Crippen molar-refractivity contribution in [2.45, 2.75) is 20.5 Å². The van der Waals surface area contributed by atoms with Crippen LogP contribution in [-0.4, -0.2) is 38.4 Å². The van der Waals surface area contributed by atoms with Gasteiger partial charge in [0.05, 0.1) is 44.3 Å². The molecule has 1 aromatic heterocycles. The van der Waals surface area contributed by atoms with Crippen LogP contribution in [0.25, 0.3) is 10.6 Å². The summed E-state index contributed by atoms with van der Waals surface area (Å²) in [5.41, 5.74) is 1.85. The minimum atomic E-state index is -0.461. The molecule has 0 saturated carbocycles. The summed E-state index contributed by atoms with van der Waals surface area (Å²) in [6, 6.07) is 10.6. The number of hydrogen-bond acceptors (Lipinski definition) is 8. The molecule has 7 nitrogen and oxygen atoms in total. The topological polar surface area (TPSA) is 76.1 Å². The molecule has 0 fully saturated rings. The molecule has 0 saturated heterocycles. The fourth-order valence-electron chi connectivity index (χ4n) is 2.95. The number of para-hydroxylation sites is 1. The van der Waals surface area contributed by atoms with E-state index in [1.165, 1.54) is 11.3 Å². The fourth-order valence-corrected chi connectivity index (χ4v) is 3.78. The quantitative estimate of drug-likeness (QED) is 0.409. The van der Waals surface area contributed by atoms with Gasteiger partial charge < -0.3 is 23.7 Å². The van der Waals surface area contributed by atoms with E-state index in [0.717, 1.165) is 10.6 Å². The second kappa shape index (κ2) is 10.7. The maximum Gasteiger partial charge on any atom is 0.338 e. The molecule has 164 valence electrons. The van der Waals surface area contributed by atoms with E-state index in [-0.39, 0.29) is 6.61 Å². The first-order valence-electron chi connectivity index (χ1n) is 9.83. The molecule has 31 heavy (non-hydrogen) atoms. The number of methoxy groups -OCH3 is 2. The van der Waals surface area contributed by atoms with E-state index >= 15 is 0 Å². The predicted molar refractivity (Wildman–Crippen MR) is 119 cm³/mol. The Balaban J connectivity index is 1.71. The van der Waals surface area contributed by atoms with Crippen LogP contribution >= 0.6 is 11.3 Å². The molecule has 0 spiro atoms. The molecule has 3 rings (SSSR count). The molecular weight excluding hydrogens is 418 g/mol. The third kappa shape index (κ3) is 5.27. The highest BCUT2D eigenvalue weighted by Crippen LogP contribution is 2.39. The van der Waals surface area contributed by atoms with Crippen LogP contribution in [0.15, 0.2) is 41.8 Å². The minimum Gasteiger partial charge on any atom is -0.493 e. The van der Waals surface area contributed by atoms with Crippen LogP contribution in [0.2, 0.25) is 0 Å². The zero-order valence-corrected chi connectivity index (χ0v) is 18.8. The Bertz CT molecular complexity index is 1030. The van der Waals surface area contributed by atoms with Crippen LogP contribution in [0.4, 0.5) is 0 Å². The van der Waals surface area contributed by atoms with Crippen molar-refractivity contribution >= 4 is 17.3 Å². The first-order valence-corrected chi connectivity index (χ1v) is 10.7. The average molecular weight is 444 g/mol. The zero-order chi connectivity index (χ0) is 22.2. The maximum atomic E-state index is 12.5. The monoisotopic (exact) mass is 443 g/mol. The van der Waals surface area contributed by atoms with E-state index in [9.17, 15) is 4.79 Å². The van der Waals surface area contributed by atoms with Crippen molar-refractivity contribution in [1.82, 2.24) is 4.98 Å². The molecule has 2 aromatic carbocycles. The summed E-state index contributed by atoms with van der Waals surface area (Å²) in [5.74, 6) is 1.89. The van der Waals surface area contributed by atoms with E-state index in [0.29, 0.717) is 47.5 Å². The molecule has 0 bridgehead atoms. The average Bonchev–Trinajstić information content (AvgIpc) is 3.27. The number of thiazole rings is 1. The Hall–Kier alpha value is -3.26. The maximum absolute atomic E-state index is 12.5. The lowest BCUT2D eigenvalue weighted by Gasteiger charge is -2.12. The predicted octanol–water partition coefficient (Wildman–Crippen LogP) is 4.98. The smallest absolute Gasteiger partial charge is 0.338 e. The number of benzene rings is 2. The molecule has 0 aliphatic rings. The number of carbonyl (C=O) groups excluding carboxylic acids is 1. The van der Waals surface area contributed by atoms with Gasteiger partial charge in [-0.2, -0.15) is 0 Å². The molecule has 0 aliphatic carbocycles. The molecule has 8 heteroatoms. The minimum absolute atomic E-state index is 0.0544. The lowest BCUT2D eigenvalue weighted by atomic mass is 10.2. The van der Waals surface area contributed by atoms with Crippen LogP contribution in [-0.2, 0) is 11.3 Å². The van der Waals surface area contributed by atoms with Gasteiger partial charge in [0.2, 0.25) is 0 Å². The normalized spacial score (nSPS) is 10.5. The lowest BCUT2D eigenvalue weighted by molar-refractivity contribution is 0.0468. The Kier molecular flexibility index (Phi) is 7.72. The summed E-state index contributed by atoms with van der Waals surface area (Å²) < 4.78 is 27.4.